The van der Waals surface area contributed by atoms with E-state index in [2.05, 4.69) is 15.3 Å². The average molecular weight is 328 g/mol. The molecule has 0 aromatic heterocycles. The monoisotopic (exact) mass is 328 g/mol. The van der Waals surface area contributed by atoms with Crippen LogP contribution in [0.5, 0.6) is 0 Å². The fourth-order valence-electron chi connectivity index (χ4n) is 2.86. The highest BCUT2D eigenvalue weighted by Gasteiger charge is 2.34. The van der Waals surface area contributed by atoms with Crippen molar-refractivity contribution in [3.05, 3.63) is 72.8 Å². The first-order chi connectivity index (χ1) is 12.2. The van der Waals surface area contributed by atoms with Crippen LogP contribution in [0, 0.1) is 0 Å². The number of rotatable bonds is 3. The van der Waals surface area contributed by atoms with Gasteiger partial charge >= 0.3 is 0 Å². The Morgan fingerprint density at radius 2 is 1.64 bits per heavy atom. The lowest BCUT2D eigenvalue weighted by Crippen LogP contribution is -2.29. The van der Waals surface area contributed by atoms with Crippen molar-refractivity contribution in [3.8, 4) is 0 Å². The SMILES string of the molecule is CC1=NN(c2ccccc2)C(=O)[C@@H]1N=Nc1cccc2ccccc12. The summed E-state index contributed by atoms with van der Waals surface area (Å²) in [5.74, 6) is -0.187. The van der Waals surface area contributed by atoms with Crippen LogP contribution in [0.2, 0.25) is 0 Å². The standard InChI is InChI=1S/C20H16N4O/c1-14-19(20(25)24(23-14)16-10-3-2-4-11-16)22-21-18-13-7-9-15-8-5-6-12-17(15)18/h2-13,19H,1H3/t19-/m1/s1. The maximum absolute atomic E-state index is 12.7. The molecule has 0 N–H and O–H groups in total. The molecule has 4 rings (SSSR count). The minimum absolute atomic E-state index is 0.187. The summed E-state index contributed by atoms with van der Waals surface area (Å²) in [6.45, 7) is 1.80. The molecule has 0 saturated carbocycles. The average Bonchev–Trinajstić information content (AvgIpc) is 2.94. The van der Waals surface area contributed by atoms with Crippen LogP contribution in [-0.4, -0.2) is 17.7 Å². The fraction of sp³-hybridized carbons (Fsp3) is 0.100. The number of anilines is 1. The zero-order valence-electron chi connectivity index (χ0n) is 13.7. The molecule has 0 aliphatic carbocycles. The van der Waals surface area contributed by atoms with Crippen LogP contribution in [0.4, 0.5) is 11.4 Å². The molecule has 1 aliphatic heterocycles. The molecule has 3 aromatic rings. The number of para-hydroxylation sites is 1. The fourth-order valence-corrected chi connectivity index (χ4v) is 2.86. The molecule has 1 amide bonds. The highest BCUT2D eigenvalue weighted by Crippen LogP contribution is 2.27. The van der Waals surface area contributed by atoms with Crippen molar-refractivity contribution in [2.75, 3.05) is 5.01 Å². The second-order valence-electron chi connectivity index (χ2n) is 5.84. The van der Waals surface area contributed by atoms with E-state index in [9.17, 15) is 4.79 Å². The number of benzene rings is 3. The van der Waals surface area contributed by atoms with Gasteiger partial charge in [-0.15, -0.1) is 0 Å². The van der Waals surface area contributed by atoms with E-state index in [1.165, 1.54) is 5.01 Å². The Hall–Kier alpha value is -3.34. The normalized spacial score (nSPS) is 17.5. The smallest absolute Gasteiger partial charge is 0.269 e. The maximum Gasteiger partial charge on any atom is 0.280 e. The van der Waals surface area contributed by atoms with Gasteiger partial charge in [0.25, 0.3) is 5.91 Å². The highest BCUT2D eigenvalue weighted by atomic mass is 16.2. The van der Waals surface area contributed by atoms with Gasteiger partial charge < -0.3 is 0 Å². The number of hydrazone groups is 1. The predicted molar refractivity (Wildman–Crippen MR) is 99.3 cm³/mol. The Balaban J connectivity index is 1.64. The Bertz CT molecular complexity index is 990. The van der Waals surface area contributed by atoms with Crippen molar-refractivity contribution in [1.29, 1.82) is 0 Å². The quantitative estimate of drug-likeness (QED) is 0.642. The van der Waals surface area contributed by atoms with E-state index in [-0.39, 0.29) is 5.91 Å². The molecule has 1 heterocycles. The second kappa shape index (κ2) is 6.28. The van der Waals surface area contributed by atoms with Crippen molar-refractivity contribution in [3.63, 3.8) is 0 Å². The topological polar surface area (TPSA) is 57.4 Å². The van der Waals surface area contributed by atoms with Crippen LogP contribution < -0.4 is 5.01 Å². The molecule has 0 unspecified atom stereocenters. The van der Waals surface area contributed by atoms with Gasteiger partial charge in [-0.3, -0.25) is 4.79 Å². The lowest BCUT2D eigenvalue weighted by Gasteiger charge is -2.11. The molecular weight excluding hydrogens is 312 g/mol. The molecule has 3 aromatic carbocycles. The van der Waals surface area contributed by atoms with Gasteiger partial charge in [-0.25, -0.2) is 0 Å². The number of fused-ring (bicyclic) bond motifs is 1. The van der Waals surface area contributed by atoms with Crippen LogP contribution in [0.25, 0.3) is 10.8 Å². The van der Waals surface area contributed by atoms with E-state index in [0.29, 0.717) is 5.71 Å². The van der Waals surface area contributed by atoms with Crippen molar-refractivity contribution in [2.45, 2.75) is 13.0 Å². The minimum atomic E-state index is -0.681. The molecule has 5 heteroatoms. The van der Waals surface area contributed by atoms with Gasteiger partial charge in [0.2, 0.25) is 0 Å². The third-order valence-electron chi connectivity index (χ3n) is 4.14. The number of azo groups is 1. The molecule has 0 fully saturated rings. The summed E-state index contributed by atoms with van der Waals surface area (Å²) in [7, 11) is 0. The van der Waals surface area contributed by atoms with E-state index in [1.54, 1.807) is 6.92 Å². The molecule has 1 aliphatic rings. The number of carbonyl (C=O) groups excluding carboxylic acids is 1. The maximum atomic E-state index is 12.7. The molecule has 5 nitrogen and oxygen atoms in total. The zero-order chi connectivity index (χ0) is 17.2. The van der Waals surface area contributed by atoms with Gasteiger partial charge in [-0.2, -0.15) is 20.3 Å². The van der Waals surface area contributed by atoms with Gasteiger partial charge in [-0.1, -0.05) is 54.6 Å². The zero-order valence-corrected chi connectivity index (χ0v) is 13.7. The first-order valence-electron chi connectivity index (χ1n) is 8.07. The van der Waals surface area contributed by atoms with Crippen LogP contribution in [0.1, 0.15) is 6.92 Å². The predicted octanol–water partition coefficient (Wildman–Crippen LogP) is 4.71. The van der Waals surface area contributed by atoms with E-state index < -0.39 is 6.04 Å². The third-order valence-corrected chi connectivity index (χ3v) is 4.14. The number of nitrogens with zero attached hydrogens (tertiary/aromatic N) is 4. The van der Waals surface area contributed by atoms with Crippen molar-refractivity contribution < 1.29 is 4.79 Å². The lowest BCUT2D eigenvalue weighted by atomic mass is 10.1. The first kappa shape index (κ1) is 15.2. The number of hydrogen-bond acceptors (Lipinski definition) is 4. The molecular formula is C20H16N4O. The summed E-state index contributed by atoms with van der Waals surface area (Å²) in [4.78, 5) is 12.7. The summed E-state index contributed by atoms with van der Waals surface area (Å²) >= 11 is 0. The molecule has 0 saturated heterocycles. The van der Waals surface area contributed by atoms with Gasteiger partial charge in [-0.05, 0) is 30.5 Å². The largest absolute Gasteiger partial charge is 0.280 e. The van der Waals surface area contributed by atoms with Crippen molar-refractivity contribution >= 4 is 33.8 Å². The summed E-state index contributed by atoms with van der Waals surface area (Å²) in [6.07, 6.45) is 0. The Morgan fingerprint density at radius 1 is 0.920 bits per heavy atom. The molecule has 122 valence electrons. The van der Waals surface area contributed by atoms with E-state index in [0.717, 1.165) is 22.1 Å². The van der Waals surface area contributed by atoms with Crippen molar-refractivity contribution in [1.82, 2.24) is 0 Å². The van der Waals surface area contributed by atoms with Crippen LogP contribution in [0.15, 0.2) is 88.1 Å². The van der Waals surface area contributed by atoms with Crippen LogP contribution in [-0.2, 0) is 4.79 Å². The molecule has 0 bridgehead atoms. The highest BCUT2D eigenvalue weighted by molar-refractivity contribution is 6.18. The first-order valence-corrected chi connectivity index (χ1v) is 8.07. The van der Waals surface area contributed by atoms with Crippen LogP contribution in [0.3, 0.4) is 0 Å². The summed E-state index contributed by atoms with van der Waals surface area (Å²) in [5, 5.41) is 16.5. The summed E-state index contributed by atoms with van der Waals surface area (Å²) in [5.41, 5.74) is 2.12. The van der Waals surface area contributed by atoms with Crippen molar-refractivity contribution in [2.24, 2.45) is 15.3 Å². The van der Waals surface area contributed by atoms with Gasteiger partial charge in [0.05, 0.1) is 17.1 Å². The third kappa shape index (κ3) is 2.80. The van der Waals surface area contributed by atoms with Gasteiger partial charge in [0, 0.05) is 5.39 Å². The second-order valence-corrected chi connectivity index (χ2v) is 5.84. The minimum Gasteiger partial charge on any atom is -0.269 e. The van der Waals surface area contributed by atoms with Gasteiger partial charge in [0.15, 0.2) is 6.04 Å². The number of hydrogen-bond donors (Lipinski definition) is 0. The van der Waals surface area contributed by atoms with E-state index in [1.807, 2.05) is 72.8 Å². The Morgan fingerprint density at radius 3 is 2.48 bits per heavy atom. The Labute approximate surface area is 145 Å². The Kier molecular flexibility index (Phi) is 3.82. The summed E-state index contributed by atoms with van der Waals surface area (Å²) in [6, 6.07) is 22.5. The number of carbonyl (C=O) groups is 1. The van der Waals surface area contributed by atoms with E-state index >= 15 is 0 Å². The number of amides is 1. The molecule has 0 radical (unpaired) electrons. The summed E-state index contributed by atoms with van der Waals surface area (Å²) < 4.78 is 0. The van der Waals surface area contributed by atoms with E-state index in [4.69, 9.17) is 0 Å². The van der Waals surface area contributed by atoms with Gasteiger partial charge in [0.1, 0.15) is 0 Å². The molecule has 1 atom stereocenters. The lowest BCUT2D eigenvalue weighted by molar-refractivity contribution is -0.117. The molecule has 25 heavy (non-hydrogen) atoms. The molecule has 0 spiro atoms. The van der Waals surface area contributed by atoms with Crippen LogP contribution >= 0.6 is 0 Å².